The van der Waals surface area contributed by atoms with Gasteiger partial charge in [-0.3, -0.25) is 14.5 Å². The standard InChI is InChI=1S/C24H26N4O2S/c29-22(15-19-7-3-1-4-8-19)26-24-25-21(18-31-24)16-23(30)28-13-11-27(12-14-28)17-20-9-5-2-6-10-20/h1-10,18H,11-17H2,(H,25,26,29). The quantitative estimate of drug-likeness (QED) is 0.620. The largest absolute Gasteiger partial charge is 0.340 e. The zero-order valence-corrected chi connectivity index (χ0v) is 18.2. The summed E-state index contributed by atoms with van der Waals surface area (Å²) in [7, 11) is 0. The van der Waals surface area contributed by atoms with E-state index in [4.69, 9.17) is 0 Å². The van der Waals surface area contributed by atoms with Crippen LogP contribution in [0.4, 0.5) is 5.13 Å². The monoisotopic (exact) mass is 434 g/mol. The number of nitrogens with zero attached hydrogens (tertiary/aromatic N) is 3. The van der Waals surface area contributed by atoms with Gasteiger partial charge in [-0.05, 0) is 11.1 Å². The molecule has 3 aromatic rings. The van der Waals surface area contributed by atoms with E-state index >= 15 is 0 Å². The molecule has 1 aliphatic heterocycles. The zero-order chi connectivity index (χ0) is 21.5. The molecular formula is C24H26N4O2S. The van der Waals surface area contributed by atoms with Crippen LogP contribution in [0.1, 0.15) is 16.8 Å². The third-order valence-electron chi connectivity index (χ3n) is 5.31. The van der Waals surface area contributed by atoms with Gasteiger partial charge in [0.1, 0.15) is 0 Å². The fraction of sp³-hybridized carbons (Fsp3) is 0.292. The molecule has 1 N–H and O–H groups in total. The highest BCUT2D eigenvalue weighted by atomic mass is 32.1. The number of benzene rings is 2. The Balaban J connectivity index is 1.22. The molecule has 1 aliphatic rings. The number of piperazine rings is 1. The number of hydrogen-bond acceptors (Lipinski definition) is 5. The molecule has 2 amide bonds. The van der Waals surface area contributed by atoms with E-state index in [2.05, 4.69) is 39.5 Å². The van der Waals surface area contributed by atoms with Gasteiger partial charge >= 0.3 is 0 Å². The van der Waals surface area contributed by atoms with Crippen LogP contribution in [0.2, 0.25) is 0 Å². The van der Waals surface area contributed by atoms with Crippen LogP contribution in [0.5, 0.6) is 0 Å². The predicted octanol–water partition coefficient (Wildman–Crippen LogP) is 3.21. The maximum absolute atomic E-state index is 12.7. The van der Waals surface area contributed by atoms with Gasteiger partial charge in [0, 0.05) is 38.1 Å². The van der Waals surface area contributed by atoms with Crippen LogP contribution in [0, 0.1) is 0 Å². The van der Waals surface area contributed by atoms with Crippen molar-refractivity contribution in [3.63, 3.8) is 0 Å². The average Bonchev–Trinajstić information content (AvgIpc) is 3.22. The normalized spacial score (nSPS) is 14.4. The van der Waals surface area contributed by atoms with E-state index in [1.165, 1.54) is 16.9 Å². The highest BCUT2D eigenvalue weighted by molar-refractivity contribution is 7.13. The molecule has 0 spiro atoms. The fourth-order valence-corrected chi connectivity index (χ4v) is 4.38. The maximum Gasteiger partial charge on any atom is 0.230 e. The molecule has 0 atom stereocenters. The number of thiazole rings is 1. The van der Waals surface area contributed by atoms with Crippen molar-refractivity contribution in [3.8, 4) is 0 Å². The number of aromatic nitrogens is 1. The Bertz CT molecular complexity index is 999. The number of carbonyl (C=O) groups excluding carboxylic acids is 2. The number of anilines is 1. The summed E-state index contributed by atoms with van der Waals surface area (Å²) < 4.78 is 0. The fourth-order valence-electron chi connectivity index (χ4n) is 3.65. The Labute approximate surface area is 186 Å². The minimum atomic E-state index is -0.104. The molecule has 0 bridgehead atoms. The summed E-state index contributed by atoms with van der Waals surface area (Å²) in [5.41, 5.74) is 2.96. The van der Waals surface area contributed by atoms with Crippen molar-refractivity contribution in [2.45, 2.75) is 19.4 Å². The van der Waals surface area contributed by atoms with E-state index in [1.54, 1.807) is 0 Å². The van der Waals surface area contributed by atoms with Gasteiger partial charge in [-0.2, -0.15) is 0 Å². The Morgan fingerprint density at radius 2 is 1.52 bits per heavy atom. The van der Waals surface area contributed by atoms with Crippen LogP contribution < -0.4 is 5.32 Å². The van der Waals surface area contributed by atoms with E-state index in [1.807, 2.05) is 46.7 Å². The van der Waals surface area contributed by atoms with E-state index in [-0.39, 0.29) is 18.2 Å². The SMILES string of the molecule is O=C(Cc1ccccc1)Nc1nc(CC(=O)N2CCN(Cc3ccccc3)CC2)cs1. The molecule has 0 unspecified atom stereocenters. The van der Waals surface area contributed by atoms with E-state index in [9.17, 15) is 9.59 Å². The molecule has 6 nitrogen and oxygen atoms in total. The van der Waals surface area contributed by atoms with Crippen molar-refractivity contribution in [1.29, 1.82) is 0 Å². The Morgan fingerprint density at radius 3 is 2.19 bits per heavy atom. The molecule has 0 saturated carbocycles. The average molecular weight is 435 g/mol. The first-order chi connectivity index (χ1) is 15.2. The number of hydrogen-bond donors (Lipinski definition) is 1. The lowest BCUT2D eigenvalue weighted by Crippen LogP contribution is -2.48. The van der Waals surface area contributed by atoms with Gasteiger partial charge in [-0.1, -0.05) is 60.7 Å². The van der Waals surface area contributed by atoms with E-state index < -0.39 is 0 Å². The summed E-state index contributed by atoms with van der Waals surface area (Å²) in [4.78, 5) is 33.6. The van der Waals surface area contributed by atoms with Crippen molar-refractivity contribution in [3.05, 3.63) is 82.9 Å². The second kappa shape index (κ2) is 10.3. The predicted molar refractivity (Wildman–Crippen MR) is 123 cm³/mol. The summed E-state index contributed by atoms with van der Waals surface area (Å²) in [6, 6.07) is 20.0. The zero-order valence-electron chi connectivity index (χ0n) is 17.4. The summed E-state index contributed by atoms with van der Waals surface area (Å²) in [5, 5.41) is 5.22. The highest BCUT2D eigenvalue weighted by Gasteiger charge is 2.22. The topological polar surface area (TPSA) is 65.5 Å². The van der Waals surface area contributed by atoms with Crippen molar-refractivity contribution in [2.24, 2.45) is 0 Å². The molecule has 1 fully saturated rings. The minimum absolute atomic E-state index is 0.0897. The van der Waals surface area contributed by atoms with Gasteiger partial charge in [0.25, 0.3) is 0 Å². The lowest BCUT2D eigenvalue weighted by molar-refractivity contribution is -0.132. The third-order valence-corrected chi connectivity index (χ3v) is 6.12. The maximum atomic E-state index is 12.7. The number of nitrogens with one attached hydrogen (secondary N) is 1. The molecule has 1 aromatic heterocycles. The Hall–Kier alpha value is -3.03. The van der Waals surface area contributed by atoms with Crippen LogP contribution in [0.25, 0.3) is 0 Å². The molecule has 0 aliphatic carbocycles. The second-order valence-corrected chi connectivity index (χ2v) is 8.53. The lowest BCUT2D eigenvalue weighted by atomic mass is 10.1. The van der Waals surface area contributed by atoms with Crippen molar-refractivity contribution in [1.82, 2.24) is 14.8 Å². The smallest absolute Gasteiger partial charge is 0.230 e. The van der Waals surface area contributed by atoms with E-state index in [0.29, 0.717) is 17.2 Å². The molecule has 31 heavy (non-hydrogen) atoms. The van der Waals surface area contributed by atoms with Gasteiger partial charge < -0.3 is 10.2 Å². The highest BCUT2D eigenvalue weighted by Crippen LogP contribution is 2.17. The minimum Gasteiger partial charge on any atom is -0.340 e. The molecule has 7 heteroatoms. The van der Waals surface area contributed by atoms with Crippen molar-refractivity contribution in [2.75, 3.05) is 31.5 Å². The van der Waals surface area contributed by atoms with Gasteiger partial charge in [-0.25, -0.2) is 4.98 Å². The summed E-state index contributed by atoms with van der Waals surface area (Å²) in [5.74, 6) is -0.0141. The van der Waals surface area contributed by atoms with Gasteiger partial charge in [-0.15, -0.1) is 11.3 Å². The van der Waals surface area contributed by atoms with Crippen LogP contribution >= 0.6 is 11.3 Å². The van der Waals surface area contributed by atoms with Crippen molar-refractivity contribution >= 4 is 28.3 Å². The summed E-state index contributed by atoms with van der Waals surface area (Å²) >= 11 is 1.36. The molecule has 4 rings (SSSR count). The molecule has 1 saturated heterocycles. The second-order valence-electron chi connectivity index (χ2n) is 7.67. The number of carbonyl (C=O) groups is 2. The summed E-state index contributed by atoms with van der Waals surface area (Å²) in [6.45, 7) is 4.13. The molecule has 160 valence electrons. The first-order valence-corrected chi connectivity index (χ1v) is 11.4. The first kappa shape index (κ1) is 21.2. The Morgan fingerprint density at radius 1 is 0.871 bits per heavy atom. The lowest BCUT2D eigenvalue weighted by Gasteiger charge is -2.34. The van der Waals surface area contributed by atoms with Gasteiger partial charge in [0.05, 0.1) is 18.5 Å². The van der Waals surface area contributed by atoms with Crippen LogP contribution in [-0.4, -0.2) is 52.8 Å². The molecular weight excluding hydrogens is 408 g/mol. The van der Waals surface area contributed by atoms with Gasteiger partial charge in [0.15, 0.2) is 5.13 Å². The third kappa shape index (κ3) is 6.23. The van der Waals surface area contributed by atoms with Crippen LogP contribution in [-0.2, 0) is 29.0 Å². The van der Waals surface area contributed by atoms with Gasteiger partial charge in [0.2, 0.25) is 11.8 Å². The van der Waals surface area contributed by atoms with Crippen LogP contribution in [0.3, 0.4) is 0 Å². The number of rotatable bonds is 7. The first-order valence-electron chi connectivity index (χ1n) is 10.5. The van der Waals surface area contributed by atoms with E-state index in [0.717, 1.165) is 38.3 Å². The molecule has 2 heterocycles. The summed E-state index contributed by atoms with van der Waals surface area (Å²) in [6.07, 6.45) is 0.575. The van der Waals surface area contributed by atoms with Crippen LogP contribution in [0.15, 0.2) is 66.0 Å². The molecule has 0 radical (unpaired) electrons. The molecule has 2 aromatic carbocycles. The Kier molecular flexibility index (Phi) is 7.07. The number of amides is 2. The van der Waals surface area contributed by atoms with Crippen molar-refractivity contribution < 1.29 is 9.59 Å².